The Morgan fingerprint density at radius 3 is 1.17 bits per heavy atom. The molecule has 2 aliphatic rings. The topological polar surface area (TPSA) is 40.5 Å². The summed E-state index contributed by atoms with van der Waals surface area (Å²) in [7, 11) is 0. The lowest BCUT2D eigenvalue weighted by molar-refractivity contribution is -0.198. The highest BCUT2D eigenvalue weighted by Gasteiger charge is 2.51. The van der Waals surface area contributed by atoms with E-state index in [2.05, 4.69) is 0 Å². The molecule has 0 aromatic carbocycles. The SMILES string of the molecule is C[C@@](O)(C1CCCCC1)[C@](C)(O)C1CCCCC1. The maximum atomic E-state index is 11.0. The van der Waals surface area contributed by atoms with Crippen LogP contribution in [0.4, 0.5) is 0 Å². The van der Waals surface area contributed by atoms with E-state index in [1.54, 1.807) is 0 Å². The van der Waals surface area contributed by atoms with E-state index in [9.17, 15) is 10.2 Å². The Morgan fingerprint density at radius 1 is 0.611 bits per heavy atom. The molecule has 2 aliphatic carbocycles. The molecule has 0 unspecified atom stereocenters. The second kappa shape index (κ2) is 5.50. The summed E-state index contributed by atoms with van der Waals surface area (Å²) in [5.41, 5.74) is -1.84. The van der Waals surface area contributed by atoms with Crippen LogP contribution < -0.4 is 0 Å². The van der Waals surface area contributed by atoms with E-state index in [0.717, 1.165) is 25.7 Å². The summed E-state index contributed by atoms with van der Waals surface area (Å²) in [6.07, 6.45) is 11.7. The van der Waals surface area contributed by atoms with Gasteiger partial charge in [-0.15, -0.1) is 0 Å². The van der Waals surface area contributed by atoms with Crippen molar-refractivity contribution in [3.8, 4) is 0 Å². The zero-order valence-electron chi connectivity index (χ0n) is 12.1. The number of hydrogen-bond acceptors (Lipinski definition) is 2. The van der Waals surface area contributed by atoms with Gasteiger partial charge < -0.3 is 10.2 Å². The molecule has 2 atom stereocenters. The van der Waals surface area contributed by atoms with Gasteiger partial charge in [0.1, 0.15) is 0 Å². The summed E-state index contributed by atoms with van der Waals surface area (Å²) in [6.45, 7) is 3.77. The molecule has 0 heterocycles. The quantitative estimate of drug-likeness (QED) is 0.807. The van der Waals surface area contributed by atoms with Crippen molar-refractivity contribution in [3.63, 3.8) is 0 Å². The van der Waals surface area contributed by atoms with Crippen molar-refractivity contribution in [2.45, 2.75) is 89.3 Å². The molecule has 0 amide bonds. The molecule has 2 nitrogen and oxygen atoms in total. The van der Waals surface area contributed by atoms with Crippen LogP contribution in [-0.4, -0.2) is 21.4 Å². The van der Waals surface area contributed by atoms with E-state index < -0.39 is 11.2 Å². The van der Waals surface area contributed by atoms with Crippen LogP contribution in [0.3, 0.4) is 0 Å². The number of aliphatic hydroxyl groups is 2. The molecule has 2 heteroatoms. The fourth-order valence-corrected chi connectivity index (χ4v) is 4.16. The van der Waals surface area contributed by atoms with Crippen molar-refractivity contribution >= 4 is 0 Å². The molecular formula is C16H30O2. The first-order chi connectivity index (χ1) is 8.46. The molecule has 106 valence electrons. The number of hydrogen-bond donors (Lipinski definition) is 2. The molecule has 0 spiro atoms. The summed E-state index contributed by atoms with van der Waals surface area (Å²) in [4.78, 5) is 0. The Morgan fingerprint density at radius 2 is 0.889 bits per heavy atom. The van der Waals surface area contributed by atoms with Gasteiger partial charge in [-0.1, -0.05) is 38.5 Å². The second-order valence-corrected chi connectivity index (χ2v) is 6.96. The molecule has 18 heavy (non-hydrogen) atoms. The van der Waals surface area contributed by atoms with Gasteiger partial charge in [-0.05, 0) is 51.4 Å². The zero-order chi connectivity index (χ0) is 13.2. The van der Waals surface area contributed by atoms with Crippen LogP contribution >= 0.6 is 0 Å². The van der Waals surface area contributed by atoms with Crippen molar-refractivity contribution in [1.82, 2.24) is 0 Å². The number of rotatable bonds is 3. The molecule has 0 saturated heterocycles. The molecule has 0 aromatic rings. The predicted octanol–water partition coefficient (Wildman–Crippen LogP) is 3.65. The van der Waals surface area contributed by atoms with Crippen molar-refractivity contribution in [1.29, 1.82) is 0 Å². The maximum absolute atomic E-state index is 11.0. The Balaban J connectivity index is 2.09. The molecule has 0 bridgehead atoms. The lowest BCUT2D eigenvalue weighted by atomic mass is 9.63. The van der Waals surface area contributed by atoms with E-state index in [1.807, 2.05) is 13.8 Å². The summed E-state index contributed by atoms with van der Waals surface area (Å²) in [6, 6.07) is 0. The van der Waals surface area contributed by atoms with Gasteiger partial charge in [0.25, 0.3) is 0 Å². The van der Waals surface area contributed by atoms with Gasteiger partial charge >= 0.3 is 0 Å². The van der Waals surface area contributed by atoms with Crippen LogP contribution in [0.5, 0.6) is 0 Å². The molecule has 2 saturated carbocycles. The molecule has 0 aromatic heterocycles. The average Bonchev–Trinajstić information content (AvgIpc) is 2.40. The molecule has 0 aliphatic heterocycles. The molecular weight excluding hydrogens is 224 g/mol. The van der Waals surface area contributed by atoms with E-state index in [0.29, 0.717) is 0 Å². The summed E-state index contributed by atoms with van der Waals surface area (Å²) in [5, 5.41) is 21.9. The first-order valence-electron chi connectivity index (χ1n) is 7.91. The van der Waals surface area contributed by atoms with Gasteiger partial charge in [0, 0.05) is 0 Å². The minimum Gasteiger partial charge on any atom is -0.387 e. The fourth-order valence-electron chi connectivity index (χ4n) is 4.16. The highest BCUT2D eigenvalue weighted by atomic mass is 16.4. The minimum atomic E-state index is -0.921. The van der Waals surface area contributed by atoms with Crippen molar-refractivity contribution < 1.29 is 10.2 Å². The minimum absolute atomic E-state index is 0.281. The standard InChI is InChI=1S/C16H30O2/c1-15(17,13-9-5-3-6-10-13)16(2,18)14-11-7-4-8-12-14/h13-14,17-18H,3-12H2,1-2H3/t15-,16-/m1/s1. The highest BCUT2D eigenvalue weighted by Crippen LogP contribution is 2.45. The third kappa shape index (κ3) is 2.60. The summed E-state index contributed by atoms with van der Waals surface area (Å²) >= 11 is 0. The first kappa shape index (κ1) is 14.3. The van der Waals surface area contributed by atoms with Crippen molar-refractivity contribution in [3.05, 3.63) is 0 Å². The first-order valence-corrected chi connectivity index (χ1v) is 7.91. The summed E-state index contributed by atoms with van der Waals surface area (Å²) in [5.74, 6) is 0.561. The Hall–Kier alpha value is -0.0800. The third-order valence-electron chi connectivity index (χ3n) is 5.82. The van der Waals surface area contributed by atoms with E-state index in [4.69, 9.17) is 0 Å². The molecule has 2 N–H and O–H groups in total. The smallest absolute Gasteiger partial charge is 0.0933 e. The lowest BCUT2D eigenvalue weighted by Gasteiger charge is -2.50. The van der Waals surface area contributed by atoms with Crippen molar-refractivity contribution in [2.24, 2.45) is 11.8 Å². The van der Waals surface area contributed by atoms with Crippen LogP contribution in [0.25, 0.3) is 0 Å². The second-order valence-electron chi connectivity index (χ2n) is 6.96. The van der Waals surface area contributed by atoms with E-state index in [1.165, 1.54) is 38.5 Å². The largest absolute Gasteiger partial charge is 0.387 e. The van der Waals surface area contributed by atoms with Crippen LogP contribution in [0.1, 0.15) is 78.1 Å². The monoisotopic (exact) mass is 254 g/mol. The Kier molecular flexibility index (Phi) is 4.38. The Bertz CT molecular complexity index is 230. The molecule has 2 rings (SSSR count). The van der Waals surface area contributed by atoms with Gasteiger partial charge in [-0.3, -0.25) is 0 Å². The highest BCUT2D eigenvalue weighted by molar-refractivity contribution is 5.02. The van der Waals surface area contributed by atoms with Crippen LogP contribution in [0, 0.1) is 11.8 Å². The fraction of sp³-hybridized carbons (Fsp3) is 1.00. The van der Waals surface area contributed by atoms with Gasteiger partial charge in [0.2, 0.25) is 0 Å². The van der Waals surface area contributed by atoms with Crippen molar-refractivity contribution in [2.75, 3.05) is 0 Å². The third-order valence-corrected chi connectivity index (χ3v) is 5.82. The maximum Gasteiger partial charge on any atom is 0.0933 e. The van der Waals surface area contributed by atoms with E-state index >= 15 is 0 Å². The predicted molar refractivity (Wildman–Crippen MR) is 74.4 cm³/mol. The normalized spacial score (nSPS) is 30.7. The van der Waals surface area contributed by atoms with Gasteiger partial charge in [-0.25, -0.2) is 0 Å². The lowest BCUT2D eigenvalue weighted by Crippen LogP contribution is -2.59. The van der Waals surface area contributed by atoms with Crippen LogP contribution in [0.2, 0.25) is 0 Å². The molecule has 2 fully saturated rings. The van der Waals surface area contributed by atoms with Gasteiger partial charge in [0.15, 0.2) is 0 Å². The summed E-state index contributed by atoms with van der Waals surface area (Å²) < 4.78 is 0. The van der Waals surface area contributed by atoms with Gasteiger partial charge in [0.05, 0.1) is 11.2 Å². The van der Waals surface area contributed by atoms with Crippen LogP contribution in [0.15, 0.2) is 0 Å². The van der Waals surface area contributed by atoms with E-state index in [-0.39, 0.29) is 11.8 Å². The zero-order valence-corrected chi connectivity index (χ0v) is 12.1. The van der Waals surface area contributed by atoms with Crippen LogP contribution in [-0.2, 0) is 0 Å². The average molecular weight is 254 g/mol. The van der Waals surface area contributed by atoms with Gasteiger partial charge in [-0.2, -0.15) is 0 Å². The molecule has 0 radical (unpaired) electrons. The Labute approximate surface area is 112 Å².